The van der Waals surface area contributed by atoms with Crippen molar-refractivity contribution < 1.29 is 8.42 Å². The first kappa shape index (κ1) is 18.9. The van der Waals surface area contributed by atoms with Crippen molar-refractivity contribution >= 4 is 10.2 Å². The topological polar surface area (TPSA) is 61.4 Å². The van der Waals surface area contributed by atoms with Crippen LogP contribution in [0.5, 0.6) is 0 Å². The van der Waals surface area contributed by atoms with E-state index in [0.717, 1.165) is 45.2 Å². The highest BCUT2D eigenvalue weighted by atomic mass is 32.2. The van der Waals surface area contributed by atoms with E-state index in [2.05, 4.69) is 17.0 Å². The Balaban J connectivity index is 2.49. The second-order valence-electron chi connectivity index (χ2n) is 6.42. The van der Waals surface area contributed by atoms with Crippen LogP contribution in [-0.4, -0.2) is 44.4 Å². The van der Waals surface area contributed by atoms with Crippen LogP contribution in [0.4, 0.5) is 0 Å². The van der Waals surface area contributed by atoms with Crippen LogP contribution in [0.2, 0.25) is 0 Å². The van der Waals surface area contributed by atoms with Gasteiger partial charge in [0.05, 0.1) is 0 Å². The Morgan fingerprint density at radius 3 is 2.19 bits per heavy atom. The predicted molar refractivity (Wildman–Crippen MR) is 88.5 cm³/mol. The van der Waals surface area contributed by atoms with Gasteiger partial charge in [0.1, 0.15) is 0 Å². The minimum Gasteiger partial charge on any atom is -0.316 e. The van der Waals surface area contributed by atoms with Gasteiger partial charge in [0.15, 0.2) is 0 Å². The molecule has 126 valence electrons. The van der Waals surface area contributed by atoms with E-state index in [1.807, 2.05) is 20.8 Å². The molecule has 1 rings (SSSR count). The fourth-order valence-electron chi connectivity index (χ4n) is 2.61. The lowest BCUT2D eigenvalue weighted by atomic mass is 9.98. The molecule has 1 fully saturated rings. The number of piperidine rings is 1. The largest absolute Gasteiger partial charge is 0.316 e. The van der Waals surface area contributed by atoms with E-state index in [0.29, 0.717) is 19.0 Å². The van der Waals surface area contributed by atoms with Gasteiger partial charge in [0.2, 0.25) is 0 Å². The summed E-state index contributed by atoms with van der Waals surface area (Å²) in [7, 11) is -3.35. The van der Waals surface area contributed by atoms with Gasteiger partial charge in [-0.1, -0.05) is 20.8 Å². The van der Waals surface area contributed by atoms with Crippen molar-refractivity contribution in [1.82, 2.24) is 14.3 Å². The molecule has 6 heteroatoms. The molecule has 2 N–H and O–H groups in total. The molecule has 1 aliphatic rings. The Morgan fingerprint density at radius 1 is 1.14 bits per heavy atom. The molecule has 0 unspecified atom stereocenters. The summed E-state index contributed by atoms with van der Waals surface area (Å²) in [6.07, 6.45) is 4.66. The molecule has 0 spiro atoms. The van der Waals surface area contributed by atoms with Crippen molar-refractivity contribution in [2.24, 2.45) is 5.92 Å². The summed E-state index contributed by atoms with van der Waals surface area (Å²) in [4.78, 5) is 0. The molecule has 0 aliphatic carbocycles. The van der Waals surface area contributed by atoms with Crippen LogP contribution in [0.25, 0.3) is 0 Å². The van der Waals surface area contributed by atoms with E-state index in [4.69, 9.17) is 0 Å². The number of rotatable bonds is 9. The van der Waals surface area contributed by atoms with E-state index >= 15 is 0 Å². The van der Waals surface area contributed by atoms with Gasteiger partial charge in [-0.25, -0.2) is 0 Å². The molecule has 1 saturated heterocycles. The SMILES string of the molecule is CCCNCC1CCN(S(=O)(=O)NC(C)(CC)CC)CC1. The van der Waals surface area contributed by atoms with Gasteiger partial charge in [-0.05, 0) is 58.0 Å². The van der Waals surface area contributed by atoms with Crippen LogP contribution < -0.4 is 10.0 Å². The molecule has 0 radical (unpaired) electrons. The van der Waals surface area contributed by atoms with Gasteiger partial charge in [0, 0.05) is 18.6 Å². The van der Waals surface area contributed by atoms with Crippen molar-refractivity contribution in [1.29, 1.82) is 0 Å². The molecular formula is C15H33N3O2S. The highest BCUT2D eigenvalue weighted by Gasteiger charge is 2.33. The maximum absolute atomic E-state index is 12.5. The number of nitrogens with zero attached hydrogens (tertiary/aromatic N) is 1. The first-order valence-electron chi connectivity index (χ1n) is 8.36. The third kappa shape index (κ3) is 5.85. The lowest BCUT2D eigenvalue weighted by molar-refractivity contribution is 0.259. The van der Waals surface area contributed by atoms with Crippen molar-refractivity contribution in [3.63, 3.8) is 0 Å². The van der Waals surface area contributed by atoms with E-state index in [1.165, 1.54) is 0 Å². The summed E-state index contributed by atoms with van der Waals surface area (Å²) >= 11 is 0. The number of hydrogen-bond acceptors (Lipinski definition) is 3. The summed E-state index contributed by atoms with van der Waals surface area (Å²) in [5.41, 5.74) is -0.335. The molecule has 0 aromatic carbocycles. The second kappa shape index (κ2) is 8.46. The average molecular weight is 320 g/mol. The number of nitrogens with one attached hydrogen (secondary N) is 2. The summed E-state index contributed by atoms with van der Waals surface area (Å²) < 4.78 is 29.5. The van der Waals surface area contributed by atoms with Crippen molar-refractivity contribution in [2.45, 2.75) is 65.3 Å². The van der Waals surface area contributed by atoms with E-state index in [1.54, 1.807) is 4.31 Å². The molecule has 1 heterocycles. The van der Waals surface area contributed by atoms with Crippen molar-refractivity contribution in [3.8, 4) is 0 Å². The predicted octanol–water partition coefficient (Wildman–Crippen LogP) is 2.11. The Morgan fingerprint density at radius 2 is 1.71 bits per heavy atom. The highest BCUT2D eigenvalue weighted by molar-refractivity contribution is 7.87. The zero-order valence-corrected chi connectivity index (χ0v) is 14.9. The summed E-state index contributed by atoms with van der Waals surface area (Å²) in [6, 6.07) is 0. The molecule has 0 bridgehead atoms. The van der Waals surface area contributed by atoms with Gasteiger partial charge in [-0.3, -0.25) is 0 Å². The maximum Gasteiger partial charge on any atom is 0.279 e. The van der Waals surface area contributed by atoms with Crippen LogP contribution in [0, 0.1) is 5.92 Å². The van der Waals surface area contributed by atoms with Crippen molar-refractivity contribution in [2.75, 3.05) is 26.2 Å². The smallest absolute Gasteiger partial charge is 0.279 e. The van der Waals surface area contributed by atoms with Gasteiger partial charge < -0.3 is 5.32 Å². The Labute approximate surface area is 131 Å². The Bertz CT molecular complexity index is 386. The zero-order chi connectivity index (χ0) is 15.9. The van der Waals surface area contributed by atoms with E-state index < -0.39 is 10.2 Å². The van der Waals surface area contributed by atoms with Gasteiger partial charge in [-0.2, -0.15) is 17.4 Å². The molecule has 21 heavy (non-hydrogen) atoms. The summed E-state index contributed by atoms with van der Waals surface area (Å²) in [6.45, 7) is 11.5. The molecule has 0 atom stereocenters. The van der Waals surface area contributed by atoms with Gasteiger partial charge in [-0.15, -0.1) is 0 Å². The highest BCUT2D eigenvalue weighted by Crippen LogP contribution is 2.21. The molecule has 0 saturated carbocycles. The summed E-state index contributed by atoms with van der Waals surface area (Å²) in [5, 5.41) is 3.43. The number of hydrogen-bond donors (Lipinski definition) is 2. The molecule has 0 amide bonds. The minimum absolute atomic E-state index is 0.335. The third-order valence-corrected chi connectivity index (χ3v) is 6.50. The first-order valence-corrected chi connectivity index (χ1v) is 9.80. The lowest BCUT2D eigenvalue weighted by Crippen LogP contribution is -2.53. The van der Waals surface area contributed by atoms with Crippen LogP contribution in [0.1, 0.15) is 59.8 Å². The fraction of sp³-hybridized carbons (Fsp3) is 1.00. The Hall–Kier alpha value is -0.170. The van der Waals surface area contributed by atoms with E-state index in [9.17, 15) is 8.42 Å². The monoisotopic (exact) mass is 319 g/mol. The van der Waals surface area contributed by atoms with Gasteiger partial charge >= 0.3 is 0 Å². The zero-order valence-electron chi connectivity index (χ0n) is 14.1. The van der Waals surface area contributed by atoms with Crippen LogP contribution in [0.15, 0.2) is 0 Å². The third-order valence-electron chi connectivity index (χ3n) is 4.71. The standard InChI is InChI=1S/C15H33N3O2S/c1-5-10-16-13-14-8-11-18(12-9-14)21(19,20)17-15(4,6-2)7-3/h14,16-17H,5-13H2,1-4H3. The van der Waals surface area contributed by atoms with Crippen LogP contribution >= 0.6 is 0 Å². The molecule has 0 aromatic rings. The molecular weight excluding hydrogens is 286 g/mol. The normalized spacial score (nSPS) is 19.0. The van der Waals surface area contributed by atoms with E-state index in [-0.39, 0.29) is 5.54 Å². The molecule has 5 nitrogen and oxygen atoms in total. The quantitative estimate of drug-likeness (QED) is 0.640. The first-order chi connectivity index (χ1) is 9.87. The van der Waals surface area contributed by atoms with Crippen LogP contribution in [0.3, 0.4) is 0 Å². The molecule has 1 aliphatic heterocycles. The second-order valence-corrected chi connectivity index (χ2v) is 8.09. The minimum atomic E-state index is -3.35. The lowest BCUT2D eigenvalue weighted by Gasteiger charge is -2.35. The Kier molecular flexibility index (Phi) is 7.60. The average Bonchev–Trinajstić information content (AvgIpc) is 2.47. The fourth-order valence-corrected chi connectivity index (χ4v) is 4.34. The summed E-state index contributed by atoms with van der Waals surface area (Å²) in [5.74, 6) is 0.603. The molecule has 0 aromatic heterocycles. The van der Waals surface area contributed by atoms with Crippen molar-refractivity contribution in [3.05, 3.63) is 0 Å². The van der Waals surface area contributed by atoms with Crippen LogP contribution in [-0.2, 0) is 10.2 Å². The van der Waals surface area contributed by atoms with Gasteiger partial charge in [0.25, 0.3) is 10.2 Å². The maximum atomic E-state index is 12.5.